The van der Waals surface area contributed by atoms with E-state index in [0.29, 0.717) is 0 Å². The van der Waals surface area contributed by atoms with E-state index in [1.165, 1.54) is 7.11 Å². The molecule has 1 aliphatic rings. The van der Waals surface area contributed by atoms with Crippen molar-refractivity contribution >= 4 is 5.97 Å². The van der Waals surface area contributed by atoms with Crippen LogP contribution in [0.2, 0.25) is 0 Å². The molecule has 1 fully saturated rings. The molecule has 0 spiro atoms. The number of carbonyl (C=O) groups excluding carboxylic acids is 1. The molecule has 1 rings (SSSR count). The van der Waals surface area contributed by atoms with Crippen LogP contribution in [0.4, 0.5) is 0 Å². The van der Waals surface area contributed by atoms with Crippen LogP contribution in [0.15, 0.2) is 0 Å². The molecule has 16 heavy (non-hydrogen) atoms. The van der Waals surface area contributed by atoms with Crippen LogP contribution < -0.4 is 0 Å². The standard InChI is InChI=1S/C12H23NO3/c1-5-6-11(12(14)15-4)13-7-9(2)16-10(3)8-13/h9-11H,5-8H2,1-4H3/t9-,10-,11-/m0/s1. The summed E-state index contributed by atoms with van der Waals surface area (Å²) in [6.45, 7) is 7.79. The summed E-state index contributed by atoms with van der Waals surface area (Å²) < 4.78 is 10.5. The largest absolute Gasteiger partial charge is 0.468 e. The molecule has 0 unspecified atom stereocenters. The fourth-order valence-corrected chi connectivity index (χ4v) is 2.33. The monoisotopic (exact) mass is 229 g/mol. The highest BCUT2D eigenvalue weighted by Crippen LogP contribution is 2.17. The van der Waals surface area contributed by atoms with Crippen molar-refractivity contribution in [2.45, 2.75) is 51.9 Å². The number of methoxy groups -OCH3 is 1. The molecule has 0 saturated carbocycles. The van der Waals surface area contributed by atoms with Crippen molar-refractivity contribution in [2.75, 3.05) is 20.2 Å². The first-order valence-corrected chi connectivity index (χ1v) is 6.05. The summed E-state index contributed by atoms with van der Waals surface area (Å²) >= 11 is 0. The lowest BCUT2D eigenvalue weighted by Gasteiger charge is -2.38. The summed E-state index contributed by atoms with van der Waals surface area (Å²) in [4.78, 5) is 13.9. The third kappa shape index (κ3) is 3.46. The summed E-state index contributed by atoms with van der Waals surface area (Å²) in [5.74, 6) is -0.122. The number of hydrogen-bond donors (Lipinski definition) is 0. The first-order chi connectivity index (χ1) is 7.58. The van der Waals surface area contributed by atoms with E-state index in [1.54, 1.807) is 0 Å². The van der Waals surface area contributed by atoms with Gasteiger partial charge < -0.3 is 9.47 Å². The van der Waals surface area contributed by atoms with E-state index in [-0.39, 0.29) is 24.2 Å². The maximum atomic E-state index is 11.7. The highest BCUT2D eigenvalue weighted by atomic mass is 16.5. The second-order valence-electron chi connectivity index (χ2n) is 4.54. The summed E-state index contributed by atoms with van der Waals surface area (Å²) in [6.07, 6.45) is 2.21. The molecule has 1 aliphatic heterocycles. The van der Waals surface area contributed by atoms with Crippen LogP contribution in [0, 0.1) is 0 Å². The highest BCUT2D eigenvalue weighted by molar-refractivity contribution is 5.75. The van der Waals surface area contributed by atoms with Crippen molar-refractivity contribution < 1.29 is 14.3 Å². The minimum Gasteiger partial charge on any atom is -0.468 e. The Labute approximate surface area is 97.9 Å². The molecule has 94 valence electrons. The molecule has 0 aromatic heterocycles. The summed E-state index contributed by atoms with van der Waals surface area (Å²) in [7, 11) is 1.46. The Kier molecular flexibility index (Phi) is 5.22. The van der Waals surface area contributed by atoms with Gasteiger partial charge in [-0.25, -0.2) is 0 Å². The van der Waals surface area contributed by atoms with Gasteiger partial charge in [-0.15, -0.1) is 0 Å². The minimum atomic E-state index is -0.122. The smallest absolute Gasteiger partial charge is 0.323 e. The number of nitrogens with zero attached hydrogens (tertiary/aromatic N) is 1. The lowest BCUT2D eigenvalue weighted by molar-refractivity contribution is -0.152. The van der Waals surface area contributed by atoms with Crippen molar-refractivity contribution in [3.63, 3.8) is 0 Å². The van der Waals surface area contributed by atoms with Crippen molar-refractivity contribution in [3.8, 4) is 0 Å². The Balaban J connectivity index is 2.65. The molecule has 4 heteroatoms. The lowest BCUT2D eigenvalue weighted by atomic mass is 10.1. The first-order valence-electron chi connectivity index (χ1n) is 6.05. The molecular weight excluding hydrogens is 206 g/mol. The van der Waals surface area contributed by atoms with Gasteiger partial charge in [0, 0.05) is 13.1 Å². The number of morpholine rings is 1. The topological polar surface area (TPSA) is 38.8 Å². The quantitative estimate of drug-likeness (QED) is 0.684. The van der Waals surface area contributed by atoms with Gasteiger partial charge in [0.05, 0.1) is 19.3 Å². The minimum absolute atomic E-state index is 0.108. The molecule has 3 atom stereocenters. The van der Waals surface area contributed by atoms with Gasteiger partial charge in [0.25, 0.3) is 0 Å². The van der Waals surface area contributed by atoms with Crippen LogP contribution in [0.3, 0.4) is 0 Å². The van der Waals surface area contributed by atoms with E-state index in [1.807, 2.05) is 13.8 Å². The Morgan fingerprint density at radius 3 is 2.44 bits per heavy atom. The molecule has 0 aliphatic carbocycles. The molecule has 0 amide bonds. The molecule has 0 N–H and O–H groups in total. The van der Waals surface area contributed by atoms with Crippen molar-refractivity contribution in [3.05, 3.63) is 0 Å². The Hall–Kier alpha value is -0.610. The van der Waals surface area contributed by atoms with Gasteiger partial charge in [-0.1, -0.05) is 13.3 Å². The van der Waals surface area contributed by atoms with Crippen molar-refractivity contribution in [2.24, 2.45) is 0 Å². The van der Waals surface area contributed by atoms with Gasteiger partial charge in [0.15, 0.2) is 0 Å². The molecule has 1 saturated heterocycles. The second-order valence-corrected chi connectivity index (χ2v) is 4.54. The fraction of sp³-hybridized carbons (Fsp3) is 0.917. The number of ether oxygens (including phenoxy) is 2. The van der Waals surface area contributed by atoms with E-state index < -0.39 is 0 Å². The highest BCUT2D eigenvalue weighted by Gasteiger charge is 2.31. The maximum Gasteiger partial charge on any atom is 0.323 e. The molecule has 0 bridgehead atoms. The van der Waals surface area contributed by atoms with Gasteiger partial charge >= 0.3 is 5.97 Å². The van der Waals surface area contributed by atoms with Crippen LogP contribution in [0.25, 0.3) is 0 Å². The van der Waals surface area contributed by atoms with Crippen LogP contribution >= 0.6 is 0 Å². The molecule has 0 aromatic carbocycles. The van der Waals surface area contributed by atoms with E-state index in [9.17, 15) is 4.79 Å². The normalized spacial score (nSPS) is 28.8. The Morgan fingerprint density at radius 2 is 2.00 bits per heavy atom. The summed E-state index contributed by atoms with van der Waals surface area (Å²) in [5, 5.41) is 0. The van der Waals surface area contributed by atoms with Gasteiger partial charge in [0.2, 0.25) is 0 Å². The molecule has 4 nitrogen and oxygen atoms in total. The molecule has 1 heterocycles. The van der Waals surface area contributed by atoms with Crippen LogP contribution in [0.1, 0.15) is 33.6 Å². The maximum absolute atomic E-state index is 11.7. The van der Waals surface area contributed by atoms with E-state index >= 15 is 0 Å². The zero-order valence-corrected chi connectivity index (χ0v) is 10.7. The fourth-order valence-electron chi connectivity index (χ4n) is 2.33. The Bertz CT molecular complexity index is 222. The van der Waals surface area contributed by atoms with Gasteiger partial charge in [-0.2, -0.15) is 0 Å². The van der Waals surface area contributed by atoms with E-state index in [0.717, 1.165) is 25.9 Å². The van der Waals surface area contributed by atoms with Gasteiger partial charge in [-0.3, -0.25) is 9.69 Å². The van der Waals surface area contributed by atoms with E-state index in [4.69, 9.17) is 9.47 Å². The van der Waals surface area contributed by atoms with Gasteiger partial charge in [-0.05, 0) is 20.3 Å². The van der Waals surface area contributed by atoms with Crippen LogP contribution in [-0.2, 0) is 14.3 Å². The lowest BCUT2D eigenvalue weighted by Crippen LogP contribution is -2.52. The summed E-state index contributed by atoms with van der Waals surface area (Å²) in [6, 6.07) is -0.108. The van der Waals surface area contributed by atoms with Crippen LogP contribution in [0.5, 0.6) is 0 Å². The van der Waals surface area contributed by atoms with Crippen LogP contribution in [-0.4, -0.2) is 49.3 Å². The third-order valence-corrected chi connectivity index (χ3v) is 2.92. The first kappa shape index (κ1) is 13.5. The number of carbonyl (C=O) groups is 1. The SMILES string of the molecule is CCC[C@@H](C(=O)OC)N1C[C@H](C)O[C@@H](C)C1. The number of esters is 1. The Morgan fingerprint density at radius 1 is 1.44 bits per heavy atom. The molecule has 0 radical (unpaired) electrons. The second kappa shape index (κ2) is 6.21. The molecular formula is C12H23NO3. The van der Waals surface area contributed by atoms with Crippen molar-refractivity contribution in [1.82, 2.24) is 4.90 Å². The number of hydrogen-bond acceptors (Lipinski definition) is 4. The summed E-state index contributed by atoms with van der Waals surface area (Å²) in [5.41, 5.74) is 0. The van der Waals surface area contributed by atoms with Gasteiger partial charge in [0.1, 0.15) is 6.04 Å². The van der Waals surface area contributed by atoms with Crippen molar-refractivity contribution in [1.29, 1.82) is 0 Å². The van der Waals surface area contributed by atoms with E-state index in [2.05, 4.69) is 11.8 Å². The average Bonchev–Trinajstić information content (AvgIpc) is 2.23. The zero-order chi connectivity index (χ0) is 12.1. The number of rotatable bonds is 4. The molecule has 0 aromatic rings. The average molecular weight is 229 g/mol. The predicted octanol–water partition coefficient (Wildman–Crippen LogP) is 1.44. The predicted molar refractivity (Wildman–Crippen MR) is 62.3 cm³/mol. The third-order valence-electron chi connectivity index (χ3n) is 2.92. The zero-order valence-electron chi connectivity index (χ0n) is 10.7.